The third kappa shape index (κ3) is 5.61. The smallest absolute Gasteiger partial charge is 0.407 e. The average Bonchev–Trinajstić information content (AvgIpc) is 2.82. The molecule has 32 heavy (non-hydrogen) atoms. The minimum Gasteiger partial charge on any atom is -0.465 e. The summed E-state index contributed by atoms with van der Waals surface area (Å²) in [4.78, 5) is 13.1. The number of hydrogen-bond acceptors (Lipinski definition) is 4. The predicted octanol–water partition coefficient (Wildman–Crippen LogP) is 5.44. The molecule has 2 aromatic rings. The van der Waals surface area contributed by atoms with Crippen LogP contribution in [-0.2, 0) is 16.8 Å². The molecule has 0 aliphatic carbocycles. The number of methoxy groups -OCH3 is 1. The van der Waals surface area contributed by atoms with Crippen LogP contribution < -0.4 is 4.74 Å². The van der Waals surface area contributed by atoms with E-state index in [1.165, 1.54) is 4.90 Å². The fourth-order valence-corrected chi connectivity index (χ4v) is 4.67. The maximum Gasteiger partial charge on any atom is 0.407 e. The summed E-state index contributed by atoms with van der Waals surface area (Å²) < 4.78 is 11.5. The zero-order valence-corrected chi connectivity index (χ0v) is 19.1. The van der Waals surface area contributed by atoms with E-state index in [0.717, 1.165) is 49.0 Å². The molecule has 0 saturated carbocycles. The number of hydrogen-bond donors (Lipinski definition) is 2. The van der Waals surface area contributed by atoms with E-state index in [9.17, 15) is 15.0 Å². The monoisotopic (exact) mass is 441 g/mol. The molecule has 3 rings (SSSR count). The number of carboxylic acid groups (broad SMARTS) is 1. The van der Waals surface area contributed by atoms with Crippen molar-refractivity contribution >= 4 is 6.09 Å². The number of aryl methyl sites for hydroxylation is 1. The van der Waals surface area contributed by atoms with Crippen LogP contribution >= 0.6 is 0 Å². The van der Waals surface area contributed by atoms with Crippen LogP contribution in [-0.4, -0.2) is 48.0 Å². The lowest BCUT2D eigenvalue weighted by molar-refractivity contribution is -0.0596. The summed E-state index contributed by atoms with van der Waals surface area (Å²) in [6, 6.07) is 15.5. The van der Waals surface area contributed by atoms with Gasteiger partial charge in [0.15, 0.2) is 0 Å². The summed E-state index contributed by atoms with van der Waals surface area (Å²) in [5, 5.41) is 21.7. The van der Waals surface area contributed by atoms with Crippen molar-refractivity contribution in [2.45, 2.75) is 51.0 Å². The van der Waals surface area contributed by atoms with Gasteiger partial charge in [0.05, 0.1) is 5.60 Å². The summed E-state index contributed by atoms with van der Waals surface area (Å²) in [6.07, 6.45) is 3.53. The first kappa shape index (κ1) is 24.1. The highest BCUT2D eigenvalue weighted by atomic mass is 16.5. The van der Waals surface area contributed by atoms with Crippen molar-refractivity contribution < 1.29 is 24.5 Å². The lowest BCUT2D eigenvalue weighted by atomic mass is 9.73. The van der Waals surface area contributed by atoms with Crippen LogP contribution in [0.25, 0.3) is 0 Å². The lowest BCUT2D eigenvalue weighted by Gasteiger charge is -2.42. The molecule has 0 aromatic heterocycles. The number of unbranched alkanes of at least 4 members (excludes halogenated alkanes) is 1. The largest absolute Gasteiger partial charge is 0.465 e. The van der Waals surface area contributed by atoms with Crippen molar-refractivity contribution in [3.05, 3.63) is 59.7 Å². The number of likely N-dealkylation sites (tertiary alicyclic amines) is 1. The zero-order valence-electron chi connectivity index (χ0n) is 19.1. The number of carbonyl (C=O) groups is 1. The van der Waals surface area contributed by atoms with Gasteiger partial charge in [0.2, 0.25) is 0 Å². The molecule has 2 N–H and O–H groups in total. The second-order valence-electron chi connectivity index (χ2n) is 8.50. The standard InChI is InChI=1S/C26H35NO5/c1-3-20-11-4-6-14-23(20)32-24-15-7-5-13-22(24)26(30,16-8-9-18-31-2)21-12-10-17-27(19-21)25(28)29/h4-7,11,13-15,21,30H,3,8-10,12,16-19H2,1-2H3,(H,28,29)/t21?,26-/m0/s1. The Morgan fingerprint density at radius 2 is 1.84 bits per heavy atom. The number of para-hydroxylation sites is 2. The molecule has 1 unspecified atom stereocenters. The maximum atomic E-state index is 12.2. The van der Waals surface area contributed by atoms with E-state index in [1.54, 1.807) is 7.11 Å². The highest BCUT2D eigenvalue weighted by Crippen LogP contribution is 2.44. The molecular formula is C26H35NO5. The fraction of sp³-hybridized carbons (Fsp3) is 0.500. The van der Waals surface area contributed by atoms with Gasteiger partial charge in [0.1, 0.15) is 11.5 Å². The third-order valence-electron chi connectivity index (χ3n) is 6.45. The number of aliphatic hydroxyl groups is 1. The van der Waals surface area contributed by atoms with Gasteiger partial charge in [-0.3, -0.25) is 0 Å². The zero-order chi connectivity index (χ0) is 23.0. The Kier molecular flexibility index (Phi) is 8.53. The van der Waals surface area contributed by atoms with Gasteiger partial charge in [-0.2, -0.15) is 0 Å². The van der Waals surface area contributed by atoms with Crippen molar-refractivity contribution in [1.82, 2.24) is 4.90 Å². The Morgan fingerprint density at radius 3 is 2.56 bits per heavy atom. The minimum absolute atomic E-state index is 0.207. The van der Waals surface area contributed by atoms with Crippen molar-refractivity contribution in [3.8, 4) is 11.5 Å². The van der Waals surface area contributed by atoms with Crippen molar-refractivity contribution in [1.29, 1.82) is 0 Å². The molecule has 0 spiro atoms. The Labute approximate surface area is 190 Å². The quantitative estimate of drug-likeness (QED) is 0.480. The van der Waals surface area contributed by atoms with Gasteiger partial charge in [-0.15, -0.1) is 0 Å². The molecule has 2 atom stereocenters. The Morgan fingerprint density at radius 1 is 1.12 bits per heavy atom. The van der Waals surface area contributed by atoms with Crippen LogP contribution in [0.1, 0.15) is 50.2 Å². The lowest BCUT2D eigenvalue weighted by Crippen LogP contribution is -2.48. The Bertz CT molecular complexity index is 886. The van der Waals surface area contributed by atoms with Gasteiger partial charge in [0.25, 0.3) is 0 Å². The molecular weight excluding hydrogens is 406 g/mol. The number of nitrogens with zero attached hydrogens (tertiary/aromatic N) is 1. The van der Waals surface area contributed by atoms with Gasteiger partial charge < -0.3 is 24.6 Å². The van der Waals surface area contributed by atoms with E-state index >= 15 is 0 Å². The van der Waals surface area contributed by atoms with E-state index in [-0.39, 0.29) is 5.92 Å². The molecule has 174 valence electrons. The molecule has 6 heteroatoms. The molecule has 0 bridgehead atoms. The molecule has 6 nitrogen and oxygen atoms in total. The van der Waals surface area contributed by atoms with E-state index in [4.69, 9.17) is 9.47 Å². The first-order valence-electron chi connectivity index (χ1n) is 11.5. The van der Waals surface area contributed by atoms with Gasteiger partial charge >= 0.3 is 6.09 Å². The summed E-state index contributed by atoms with van der Waals surface area (Å²) in [5.74, 6) is 1.19. The van der Waals surface area contributed by atoms with Gasteiger partial charge in [-0.05, 0) is 56.2 Å². The summed E-state index contributed by atoms with van der Waals surface area (Å²) in [5.41, 5.74) is 0.626. The third-order valence-corrected chi connectivity index (χ3v) is 6.45. The van der Waals surface area contributed by atoms with Crippen LogP contribution in [0, 0.1) is 5.92 Å². The summed E-state index contributed by atoms with van der Waals surface area (Å²) >= 11 is 0. The normalized spacial score (nSPS) is 18.2. The molecule has 1 saturated heterocycles. The number of benzene rings is 2. The van der Waals surface area contributed by atoms with Crippen LogP contribution in [0.15, 0.2) is 48.5 Å². The second kappa shape index (κ2) is 11.3. The number of piperidine rings is 1. The predicted molar refractivity (Wildman–Crippen MR) is 124 cm³/mol. The molecule has 1 aliphatic heterocycles. The van der Waals surface area contributed by atoms with Crippen molar-refractivity contribution in [3.63, 3.8) is 0 Å². The summed E-state index contributed by atoms with van der Waals surface area (Å²) in [7, 11) is 1.67. The number of ether oxygens (including phenoxy) is 2. The molecule has 2 aromatic carbocycles. The van der Waals surface area contributed by atoms with Crippen molar-refractivity contribution in [2.24, 2.45) is 5.92 Å². The highest BCUT2D eigenvalue weighted by Gasteiger charge is 2.42. The summed E-state index contributed by atoms with van der Waals surface area (Å²) in [6.45, 7) is 3.54. The Balaban J connectivity index is 1.96. The van der Waals surface area contributed by atoms with E-state index in [2.05, 4.69) is 6.92 Å². The molecule has 1 amide bonds. The molecule has 1 aliphatic rings. The second-order valence-corrected chi connectivity index (χ2v) is 8.50. The minimum atomic E-state index is -1.19. The van der Waals surface area contributed by atoms with Gasteiger partial charge in [-0.1, -0.05) is 43.3 Å². The maximum absolute atomic E-state index is 12.2. The van der Waals surface area contributed by atoms with Crippen LogP contribution in [0.3, 0.4) is 0 Å². The van der Waals surface area contributed by atoms with Gasteiger partial charge in [0, 0.05) is 38.3 Å². The first-order chi connectivity index (χ1) is 15.5. The molecule has 1 heterocycles. The fourth-order valence-electron chi connectivity index (χ4n) is 4.67. The average molecular weight is 442 g/mol. The van der Waals surface area contributed by atoms with Crippen molar-refractivity contribution in [2.75, 3.05) is 26.8 Å². The highest BCUT2D eigenvalue weighted by molar-refractivity contribution is 5.65. The topological polar surface area (TPSA) is 79.2 Å². The van der Waals surface area contributed by atoms with E-state index in [0.29, 0.717) is 31.9 Å². The van der Waals surface area contributed by atoms with Crippen LogP contribution in [0.2, 0.25) is 0 Å². The Hall–Kier alpha value is -2.57. The van der Waals surface area contributed by atoms with Crippen LogP contribution in [0.5, 0.6) is 11.5 Å². The first-order valence-corrected chi connectivity index (χ1v) is 11.5. The molecule has 0 radical (unpaired) electrons. The number of rotatable bonds is 10. The molecule has 1 fully saturated rings. The van der Waals surface area contributed by atoms with Gasteiger partial charge in [-0.25, -0.2) is 4.79 Å². The number of amides is 1. The van der Waals surface area contributed by atoms with Crippen LogP contribution in [0.4, 0.5) is 4.79 Å². The van der Waals surface area contributed by atoms with E-state index in [1.807, 2.05) is 48.5 Å². The van der Waals surface area contributed by atoms with E-state index < -0.39 is 11.7 Å². The SMILES string of the molecule is CCc1ccccc1Oc1ccccc1[C@](O)(CCCCOC)C1CCCN(C(=O)O)C1.